The van der Waals surface area contributed by atoms with Gasteiger partial charge in [0, 0.05) is 5.69 Å². The van der Waals surface area contributed by atoms with E-state index in [4.69, 9.17) is 9.76 Å². The summed E-state index contributed by atoms with van der Waals surface area (Å²) in [4.78, 5) is 10.4. The van der Waals surface area contributed by atoms with Crippen LogP contribution in [0.3, 0.4) is 0 Å². The second kappa shape index (κ2) is 4.36. The molecule has 0 aliphatic carbocycles. The predicted octanol–water partition coefficient (Wildman–Crippen LogP) is 0.542. The van der Waals surface area contributed by atoms with E-state index in [2.05, 4.69) is 5.32 Å². The summed E-state index contributed by atoms with van der Waals surface area (Å²) < 4.78 is 5.46. The first kappa shape index (κ1) is 11.6. The van der Waals surface area contributed by atoms with E-state index in [0.29, 0.717) is 6.61 Å². The summed E-state index contributed by atoms with van der Waals surface area (Å²) in [5.41, 5.74) is 3.15. The van der Waals surface area contributed by atoms with Crippen molar-refractivity contribution in [2.45, 2.75) is 13.4 Å². The number of rotatable bonds is 3. The maximum Gasteiger partial charge on any atom is 0.324 e. The van der Waals surface area contributed by atoms with E-state index in [9.17, 15) is 4.79 Å². The van der Waals surface area contributed by atoms with Crippen LogP contribution in [-0.2, 0) is 16.1 Å². The number of aliphatic carboxylic acids is 1. The van der Waals surface area contributed by atoms with Crippen molar-refractivity contribution in [3.05, 3.63) is 23.8 Å². The molecule has 80 valence electrons. The van der Waals surface area contributed by atoms with Crippen LogP contribution in [0.5, 0.6) is 0 Å². The third kappa shape index (κ3) is 2.12. The Bertz CT molecular complexity index is 400. The van der Waals surface area contributed by atoms with E-state index in [1.54, 1.807) is 0 Å². The molecule has 0 radical (unpaired) electrons. The first-order valence-corrected chi connectivity index (χ1v) is 4.87. The number of hydrogen-bond donors (Lipinski definition) is 2. The first-order chi connectivity index (χ1) is 7.16. The second-order valence-electron chi connectivity index (χ2n) is 3.61. The molecule has 0 bridgehead atoms. The number of anilines is 1. The van der Waals surface area contributed by atoms with Gasteiger partial charge in [0.1, 0.15) is 6.54 Å². The van der Waals surface area contributed by atoms with Crippen LogP contribution in [-0.4, -0.2) is 24.5 Å². The zero-order valence-corrected chi connectivity index (χ0v) is 15.6. The Hall–Kier alpha value is -2.49. The fraction of sp³-hybridized carbons (Fsp3) is 0.300. The predicted molar refractivity (Wildman–Crippen MR) is 58.6 cm³/mol. The van der Waals surface area contributed by atoms with E-state index in [1.165, 1.54) is 5.56 Å². The SMILES string of the molecule is CB1OCc2ccc(NCC(=O)O)cc21.[Rf]. The molecule has 0 spiro atoms. The molecule has 0 saturated heterocycles. The monoisotopic (exact) mass is 472 g/mol. The number of carbonyl (C=O) groups is 1. The molecule has 0 fully saturated rings. The van der Waals surface area contributed by atoms with Crippen LogP contribution in [0.4, 0.5) is 5.69 Å². The first-order valence-electron chi connectivity index (χ1n) is 4.87. The Labute approximate surface area is 88.4 Å². The van der Waals surface area contributed by atoms with Crippen molar-refractivity contribution in [2.24, 2.45) is 0 Å². The minimum atomic E-state index is -0.861. The summed E-state index contributed by atoms with van der Waals surface area (Å²) >= 11 is 0. The molecule has 2 rings (SSSR count). The van der Waals surface area contributed by atoms with Crippen LogP contribution in [0, 0.1) is 0 Å². The number of hydrogen-bond acceptors (Lipinski definition) is 3. The number of benzene rings is 1. The van der Waals surface area contributed by atoms with Gasteiger partial charge >= 0.3 is 12.9 Å². The van der Waals surface area contributed by atoms with Gasteiger partial charge in [0.2, 0.25) is 0 Å². The van der Waals surface area contributed by atoms with Crippen LogP contribution in [0.15, 0.2) is 18.2 Å². The van der Waals surface area contributed by atoms with Crippen LogP contribution in [0.25, 0.3) is 0 Å². The Kier molecular flexibility index (Phi) is 3.16. The standard InChI is InChI=1S/C10H12BNO3.Rf/c1-11-9-4-8(12-5-10(13)14)3-2-7(9)6-15-11;/h2-4,12H,5-6H2,1H3,(H,13,14);. The summed E-state index contributed by atoms with van der Waals surface area (Å²) in [7, 11) is 0. The van der Waals surface area contributed by atoms with Crippen molar-refractivity contribution >= 4 is 24.0 Å². The molecule has 1 aromatic carbocycles. The van der Waals surface area contributed by atoms with Gasteiger partial charge in [-0.1, -0.05) is 12.9 Å². The van der Waals surface area contributed by atoms with Gasteiger partial charge < -0.3 is 15.1 Å². The van der Waals surface area contributed by atoms with Gasteiger partial charge in [-0.3, -0.25) is 4.79 Å². The van der Waals surface area contributed by atoms with Crippen LogP contribution in [0.2, 0.25) is 6.82 Å². The molecule has 1 heterocycles. The molecule has 2 N–H and O–H groups in total. The van der Waals surface area contributed by atoms with E-state index in [-0.39, 0.29) is 13.5 Å². The molecular formula is C10H12BNO3Rf. The summed E-state index contributed by atoms with van der Waals surface area (Å²) in [5.74, 6) is -0.861. The Balaban J connectivity index is 0.00000128. The Morgan fingerprint density at radius 2 is 2.38 bits per heavy atom. The molecule has 1 aromatic rings. The molecule has 0 aromatic heterocycles. The fourth-order valence-corrected chi connectivity index (χ4v) is 1.70. The fourth-order valence-electron chi connectivity index (χ4n) is 1.70. The Morgan fingerprint density at radius 3 is 3.06 bits per heavy atom. The van der Waals surface area contributed by atoms with Crippen molar-refractivity contribution in [1.29, 1.82) is 0 Å². The summed E-state index contributed by atoms with van der Waals surface area (Å²) in [5, 5.41) is 11.4. The zero-order chi connectivity index (χ0) is 10.8. The molecule has 0 saturated carbocycles. The minimum Gasteiger partial charge on any atom is -0.480 e. The van der Waals surface area contributed by atoms with E-state index in [1.807, 2.05) is 25.0 Å². The molecular weight excluding hydrogens is 460 g/mol. The van der Waals surface area contributed by atoms with Gasteiger partial charge in [0.25, 0.3) is 0 Å². The minimum absolute atomic E-state index is 0. The molecule has 1 aliphatic rings. The molecule has 4 nitrogen and oxygen atoms in total. The van der Waals surface area contributed by atoms with Gasteiger partial charge in [-0.05, 0) is 23.2 Å². The molecule has 16 heavy (non-hydrogen) atoms. The zero-order valence-electron chi connectivity index (χ0n) is 9.19. The topological polar surface area (TPSA) is 58.6 Å². The molecule has 0 unspecified atom stereocenters. The van der Waals surface area contributed by atoms with Gasteiger partial charge in [0.05, 0.1) is 6.61 Å². The van der Waals surface area contributed by atoms with Crippen molar-refractivity contribution in [3.63, 3.8) is 0 Å². The van der Waals surface area contributed by atoms with E-state index < -0.39 is 5.97 Å². The number of fused-ring (bicyclic) bond motifs is 1. The summed E-state index contributed by atoms with van der Waals surface area (Å²) in [6.45, 7) is 2.68. The van der Waals surface area contributed by atoms with Gasteiger partial charge in [-0.2, -0.15) is 0 Å². The van der Waals surface area contributed by atoms with Crippen molar-refractivity contribution in [3.8, 4) is 0 Å². The molecule has 0 amide bonds. The molecule has 1 aliphatic heterocycles. The van der Waals surface area contributed by atoms with Gasteiger partial charge in [0.15, 0.2) is 0 Å². The third-order valence-electron chi connectivity index (χ3n) is 2.52. The normalized spacial score (nSPS) is 12.9. The van der Waals surface area contributed by atoms with Crippen molar-refractivity contribution < 1.29 is 14.6 Å². The second-order valence-corrected chi connectivity index (χ2v) is 3.61. The van der Waals surface area contributed by atoms with E-state index in [0.717, 1.165) is 11.2 Å². The Morgan fingerprint density at radius 1 is 1.62 bits per heavy atom. The summed E-state index contributed by atoms with van der Waals surface area (Å²) in [6, 6.07) is 5.81. The van der Waals surface area contributed by atoms with Crippen LogP contribution in [0.1, 0.15) is 5.56 Å². The van der Waals surface area contributed by atoms with E-state index >= 15 is 0 Å². The summed E-state index contributed by atoms with van der Waals surface area (Å²) in [6.07, 6.45) is 0. The average molecular weight is 472 g/mol. The van der Waals surface area contributed by atoms with Gasteiger partial charge in [-0.15, -0.1) is 0 Å². The number of carboxylic acid groups (broad SMARTS) is 1. The third-order valence-corrected chi connectivity index (χ3v) is 2.52. The van der Waals surface area contributed by atoms with Crippen molar-refractivity contribution in [2.75, 3.05) is 11.9 Å². The smallest absolute Gasteiger partial charge is 0.324 e. The average Bonchev–Trinajstić information content (AvgIpc) is 2.57. The number of nitrogens with one attached hydrogen (secondary N) is 1. The van der Waals surface area contributed by atoms with Crippen LogP contribution < -0.4 is 10.8 Å². The largest absolute Gasteiger partial charge is 0.480 e. The van der Waals surface area contributed by atoms with Crippen molar-refractivity contribution in [1.82, 2.24) is 0 Å². The molecule has 6 heteroatoms. The van der Waals surface area contributed by atoms with Crippen LogP contribution >= 0.6 is 0 Å². The van der Waals surface area contributed by atoms with Gasteiger partial charge in [-0.25, -0.2) is 0 Å². The number of carboxylic acids is 1. The molecule has 0 atom stereocenters. The quantitative estimate of drug-likeness (QED) is 0.632. The maximum absolute atomic E-state index is 10.4. The maximum atomic E-state index is 10.4.